The number of rotatable bonds is 2. The lowest BCUT2D eigenvalue weighted by molar-refractivity contribution is -0.117. The molecular formula is C9H10Cl2N2O. The van der Waals surface area contributed by atoms with E-state index in [2.05, 4.69) is 5.32 Å². The number of halogens is 2. The first-order chi connectivity index (χ1) is 6.50. The molecule has 0 aromatic heterocycles. The van der Waals surface area contributed by atoms with Gasteiger partial charge in [-0.25, -0.2) is 0 Å². The minimum absolute atomic E-state index is 0.283. The van der Waals surface area contributed by atoms with Gasteiger partial charge < -0.3 is 11.1 Å². The van der Waals surface area contributed by atoms with Gasteiger partial charge >= 0.3 is 0 Å². The minimum Gasteiger partial charge on any atom is -0.323 e. The molecule has 1 amide bonds. The highest BCUT2D eigenvalue weighted by atomic mass is 35.5. The molecule has 0 radical (unpaired) electrons. The minimum atomic E-state index is -0.568. The number of carbonyl (C=O) groups is 1. The molecule has 1 atom stereocenters. The Kier molecular flexibility index (Phi) is 3.75. The molecule has 76 valence electrons. The summed E-state index contributed by atoms with van der Waals surface area (Å²) >= 11 is 11.5. The van der Waals surface area contributed by atoms with Gasteiger partial charge in [-0.15, -0.1) is 0 Å². The van der Waals surface area contributed by atoms with Crippen LogP contribution in [-0.2, 0) is 4.79 Å². The Hall–Kier alpha value is -0.770. The summed E-state index contributed by atoms with van der Waals surface area (Å²) < 4.78 is 0. The van der Waals surface area contributed by atoms with E-state index in [9.17, 15) is 4.79 Å². The number of hydrogen-bond acceptors (Lipinski definition) is 2. The molecule has 0 heterocycles. The van der Waals surface area contributed by atoms with E-state index in [-0.39, 0.29) is 5.91 Å². The molecule has 1 aromatic carbocycles. The van der Waals surface area contributed by atoms with Crippen molar-refractivity contribution in [3.05, 3.63) is 28.2 Å². The zero-order valence-electron chi connectivity index (χ0n) is 7.55. The third-order valence-corrected chi connectivity index (χ3v) is 2.15. The summed E-state index contributed by atoms with van der Waals surface area (Å²) in [5, 5.41) is 3.50. The molecule has 0 saturated heterocycles. The molecule has 0 aliphatic heterocycles. The summed E-state index contributed by atoms with van der Waals surface area (Å²) in [7, 11) is 0. The van der Waals surface area contributed by atoms with Gasteiger partial charge in [0.1, 0.15) is 0 Å². The van der Waals surface area contributed by atoms with Crippen LogP contribution in [0.15, 0.2) is 18.2 Å². The topological polar surface area (TPSA) is 55.1 Å². The van der Waals surface area contributed by atoms with Crippen LogP contribution in [0.3, 0.4) is 0 Å². The lowest BCUT2D eigenvalue weighted by Crippen LogP contribution is -2.32. The largest absolute Gasteiger partial charge is 0.323 e. The van der Waals surface area contributed by atoms with E-state index in [4.69, 9.17) is 28.9 Å². The Morgan fingerprint density at radius 2 is 2.14 bits per heavy atom. The van der Waals surface area contributed by atoms with Gasteiger partial charge in [0.2, 0.25) is 5.91 Å². The molecule has 14 heavy (non-hydrogen) atoms. The van der Waals surface area contributed by atoms with Crippen molar-refractivity contribution in [3.63, 3.8) is 0 Å². The van der Waals surface area contributed by atoms with Crippen LogP contribution in [0.5, 0.6) is 0 Å². The zero-order valence-corrected chi connectivity index (χ0v) is 9.06. The highest BCUT2D eigenvalue weighted by Gasteiger charge is 2.09. The van der Waals surface area contributed by atoms with Gasteiger partial charge in [0, 0.05) is 5.02 Å². The number of hydrogen-bond donors (Lipinski definition) is 2. The van der Waals surface area contributed by atoms with E-state index in [0.29, 0.717) is 15.7 Å². The van der Waals surface area contributed by atoms with E-state index < -0.39 is 6.04 Å². The third-order valence-electron chi connectivity index (χ3n) is 1.60. The molecule has 5 heteroatoms. The van der Waals surface area contributed by atoms with Crippen LogP contribution in [0, 0.1) is 0 Å². The second-order valence-electron chi connectivity index (χ2n) is 2.90. The second-order valence-corrected chi connectivity index (χ2v) is 3.75. The Morgan fingerprint density at radius 3 is 2.64 bits per heavy atom. The maximum atomic E-state index is 11.2. The summed E-state index contributed by atoms with van der Waals surface area (Å²) in [5.41, 5.74) is 5.89. The van der Waals surface area contributed by atoms with Crippen molar-refractivity contribution >= 4 is 34.8 Å². The van der Waals surface area contributed by atoms with Crippen LogP contribution in [0.1, 0.15) is 6.92 Å². The zero-order chi connectivity index (χ0) is 10.7. The van der Waals surface area contributed by atoms with Gasteiger partial charge in [0.25, 0.3) is 0 Å². The predicted molar refractivity (Wildman–Crippen MR) is 58.7 cm³/mol. The molecule has 1 unspecified atom stereocenters. The fourth-order valence-electron chi connectivity index (χ4n) is 0.837. The lowest BCUT2D eigenvalue weighted by atomic mass is 10.3. The summed E-state index contributed by atoms with van der Waals surface area (Å²) in [6.45, 7) is 1.60. The molecule has 0 spiro atoms. The Labute approximate surface area is 92.2 Å². The monoisotopic (exact) mass is 232 g/mol. The average Bonchev–Trinajstić information content (AvgIpc) is 2.09. The fourth-order valence-corrected chi connectivity index (χ4v) is 1.29. The number of benzene rings is 1. The number of nitrogens with one attached hydrogen (secondary N) is 1. The van der Waals surface area contributed by atoms with Crippen molar-refractivity contribution in [2.75, 3.05) is 5.32 Å². The summed E-state index contributed by atoms with van der Waals surface area (Å²) in [6, 6.07) is 4.26. The molecule has 1 rings (SSSR count). The van der Waals surface area contributed by atoms with Crippen molar-refractivity contribution in [2.45, 2.75) is 13.0 Å². The number of amides is 1. The van der Waals surface area contributed by atoms with Gasteiger partial charge in [-0.05, 0) is 25.1 Å². The van der Waals surface area contributed by atoms with Crippen molar-refractivity contribution in [1.82, 2.24) is 0 Å². The number of carbonyl (C=O) groups excluding carboxylic acids is 1. The SMILES string of the molecule is CC(N)C(=O)Nc1ccc(Cl)cc1Cl. The first kappa shape index (κ1) is 11.3. The summed E-state index contributed by atoms with van der Waals surface area (Å²) in [5.74, 6) is -0.283. The Balaban J connectivity index is 2.82. The molecule has 0 aliphatic carbocycles. The molecule has 3 nitrogen and oxygen atoms in total. The van der Waals surface area contributed by atoms with Gasteiger partial charge in [-0.2, -0.15) is 0 Å². The fraction of sp³-hybridized carbons (Fsp3) is 0.222. The van der Waals surface area contributed by atoms with Gasteiger partial charge in [-0.1, -0.05) is 23.2 Å². The maximum Gasteiger partial charge on any atom is 0.241 e. The summed E-state index contributed by atoms with van der Waals surface area (Å²) in [6.07, 6.45) is 0. The molecular weight excluding hydrogens is 223 g/mol. The van der Waals surface area contributed by atoms with Gasteiger partial charge in [0.15, 0.2) is 0 Å². The first-order valence-electron chi connectivity index (χ1n) is 4.02. The molecule has 0 fully saturated rings. The van der Waals surface area contributed by atoms with Crippen LogP contribution < -0.4 is 11.1 Å². The second kappa shape index (κ2) is 4.64. The lowest BCUT2D eigenvalue weighted by Gasteiger charge is -2.09. The first-order valence-corrected chi connectivity index (χ1v) is 4.78. The highest BCUT2D eigenvalue weighted by molar-refractivity contribution is 6.36. The molecule has 1 aromatic rings. The maximum absolute atomic E-state index is 11.2. The van der Waals surface area contributed by atoms with Crippen LogP contribution in [0.25, 0.3) is 0 Å². The van der Waals surface area contributed by atoms with Gasteiger partial charge in [-0.3, -0.25) is 4.79 Å². The highest BCUT2D eigenvalue weighted by Crippen LogP contribution is 2.25. The third kappa shape index (κ3) is 2.87. The average molecular weight is 233 g/mol. The smallest absolute Gasteiger partial charge is 0.241 e. The van der Waals surface area contributed by atoms with Crippen LogP contribution in [0.4, 0.5) is 5.69 Å². The van der Waals surface area contributed by atoms with E-state index in [1.165, 1.54) is 0 Å². The Morgan fingerprint density at radius 1 is 1.50 bits per heavy atom. The standard InChI is InChI=1S/C9H10Cl2N2O/c1-5(12)9(14)13-8-3-2-6(10)4-7(8)11/h2-5H,12H2,1H3,(H,13,14). The molecule has 0 aliphatic rings. The van der Waals surface area contributed by atoms with Crippen molar-refractivity contribution in [2.24, 2.45) is 5.73 Å². The van der Waals surface area contributed by atoms with Crippen LogP contribution in [0.2, 0.25) is 10.0 Å². The van der Waals surface area contributed by atoms with E-state index >= 15 is 0 Å². The van der Waals surface area contributed by atoms with Crippen LogP contribution in [-0.4, -0.2) is 11.9 Å². The quantitative estimate of drug-likeness (QED) is 0.823. The number of anilines is 1. The predicted octanol–water partition coefficient (Wildman–Crippen LogP) is 2.28. The van der Waals surface area contributed by atoms with Crippen molar-refractivity contribution < 1.29 is 4.79 Å². The van der Waals surface area contributed by atoms with Gasteiger partial charge in [0.05, 0.1) is 16.8 Å². The number of nitrogens with two attached hydrogens (primary N) is 1. The van der Waals surface area contributed by atoms with Crippen molar-refractivity contribution in [3.8, 4) is 0 Å². The Bertz CT molecular complexity index is 353. The molecule has 0 saturated carbocycles. The van der Waals surface area contributed by atoms with Crippen LogP contribution >= 0.6 is 23.2 Å². The molecule has 0 bridgehead atoms. The molecule has 3 N–H and O–H groups in total. The normalized spacial score (nSPS) is 12.3. The van der Waals surface area contributed by atoms with E-state index in [1.807, 2.05) is 0 Å². The van der Waals surface area contributed by atoms with E-state index in [0.717, 1.165) is 0 Å². The van der Waals surface area contributed by atoms with Crippen molar-refractivity contribution in [1.29, 1.82) is 0 Å². The van der Waals surface area contributed by atoms with E-state index in [1.54, 1.807) is 25.1 Å². The summed E-state index contributed by atoms with van der Waals surface area (Å²) in [4.78, 5) is 11.2.